The van der Waals surface area contributed by atoms with Gasteiger partial charge in [0.15, 0.2) is 11.0 Å². The van der Waals surface area contributed by atoms with Crippen molar-refractivity contribution in [1.29, 1.82) is 0 Å². The van der Waals surface area contributed by atoms with Gasteiger partial charge in [0, 0.05) is 19.0 Å². The van der Waals surface area contributed by atoms with Crippen LogP contribution in [0.4, 0.5) is 5.13 Å². The molecule has 2 heterocycles. The highest BCUT2D eigenvalue weighted by Crippen LogP contribution is 2.24. The first kappa shape index (κ1) is 14.5. The van der Waals surface area contributed by atoms with E-state index in [4.69, 9.17) is 10.3 Å². The van der Waals surface area contributed by atoms with Crippen LogP contribution in [0, 0.1) is 0 Å². The van der Waals surface area contributed by atoms with Gasteiger partial charge in [-0.25, -0.2) is 4.98 Å². The summed E-state index contributed by atoms with van der Waals surface area (Å²) in [6.45, 7) is 2.22. The van der Waals surface area contributed by atoms with Crippen LogP contribution < -0.4 is 5.73 Å². The number of fused-ring (bicyclic) bond motifs is 1. The molecule has 1 aromatic carbocycles. The smallest absolute Gasteiger partial charge is 0.254 e. The van der Waals surface area contributed by atoms with Crippen LogP contribution in [0.1, 0.15) is 29.0 Å². The van der Waals surface area contributed by atoms with Crippen molar-refractivity contribution in [3.63, 3.8) is 0 Å². The lowest BCUT2D eigenvalue weighted by molar-refractivity contribution is 0.0781. The van der Waals surface area contributed by atoms with Gasteiger partial charge in [-0.2, -0.15) is 4.98 Å². The Morgan fingerprint density at radius 2 is 2.23 bits per heavy atom. The summed E-state index contributed by atoms with van der Waals surface area (Å²) in [5.41, 5.74) is 6.97. The Hall–Kier alpha value is -2.48. The number of hydrogen-bond acceptors (Lipinski definition) is 7. The van der Waals surface area contributed by atoms with Gasteiger partial charge in [0.25, 0.3) is 5.91 Å². The molecule has 7 nitrogen and oxygen atoms in total. The van der Waals surface area contributed by atoms with Crippen LogP contribution in [0.5, 0.6) is 0 Å². The minimum atomic E-state index is -0.128. The standard InChI is InChI=1S/C14H15N5O2S/c1-3-12-17-11(18-21-12)7-19(2)13(20)8-4-5-10-9(6-8)16-14(15)22-10/h4-6H,3,7H2,1-2H3,(H2,15,16). The lowest BCUT2D eigenvalue weighted by Crippen LogP contribution is -2.26. The molecule has 114 valence electrons. The Bertz CT molecular complexity index is 826. The number of rotatable bonds is 4. The summed E-state index contributed by atoms with van der Waals surface area (Å²) in [6, 6.07) is 5.37. The minimum Gasteiger partial charge on any atom is -0.375 e. The molecule has 0 unspecified atom stereocenters. The first-order chi connectivity index (χ1) is 10.6. The fraction of sp³-hybridized carbons (Fsp3) is 0.286. The van der Waals surface area contributed by atoms with Crippen LogP contribution in [-0.2, 0) is 13.0 Å². The average Bonchev–Trinajstić information content (AvgIpc) is 3.10. The largest absolute Gasteiger partial charge is 0.375 e. The molecule has 8 heteroatoms. The van der Waals surface area contributed by atoms with Gasteiger partial charge < -0.3 is 15.2 Å². The van der Waals surface area contributed by atoms with Crippen LogP contribution in [0.15, 0.2) is 22.7 Å². The molecular weight excluding hydrogens is 302 g/mol. The normalized spacial score (nSPS) is 11.0. The lowest BCUT2D eigenvalue weighted by Gasteiger charge is -2.14. The predicted octanol–water partition coefficient (Wildman–Crippen LogP) is 2.10. The highest BCUT2D eigenvalue weighted by Gasteiger charge is 2.16. The molecule has 2 aromatic heterocycles. The maximum Gasteiger partial charge on any atom is 0.254 e. The van der Waals surface area contributed by atoms with Gasteiger partial charge in [0.2, 0.25) is 5.89 Å². The van der Waals surface area contributed by atoms with Gasteiger partial charge in [-0.05, 0) is 18.2 Å². The maximum absolute atomic E-state index is 12.5. The van der Waals surface area contributed by atoms with Crippen LogP contribution in [-0.4, -0.2) is 33.0 Å². The monoisotopic (exact) mass is 317 g/mol. The van der Waals surface area contributed by atoms with Gasteiger partial charge in [-0.3, -0.25) is 4.79 Å². The van der Waals surface area contributed by atoms with E-state index in [0.29, 0.717) is 35.4 Å². The fourth-order valence-electron chi connectivity index (χ4n) is 2.08. The van der Waals surface area contributed by atoms with Crippen molar-refractivity contribution in [2.75, 3.05) is 12.8 Å². The van der Waals surface area contributed by atoms with E-state index in [-0.39, 0.29) is 5.91 Å². The highest BCUT2D eigenvalue weighted by atomic mass is 32.1. The summed E-state index contributed by atoms with van der Waals surface area (Å²) in [4.78, 5) is 22.4. The third-order valence-corrected chi connectivity index (χ3v) is 4.05. The van der Waals surface area contributed by atoms with Crippen LogP contribution in [0.3, 0.4) is 0 Å². The lowest BCUT2D eigenvalue weighted by atomic mass is 10.2. The van der Waals surface area contributed by atoms with E-state index in [9.17, 15) is 4.79 Å². The van der Waals surface area contributed by atoms with Crippen molar-refractivity contribution in [2.45, 2.75) is 19.9 Å². The van der Waals surface area contributed by atoms with E-state index in [1.807, 2.05) is 13.0 Å². The second-order valence-electron chi connectivity index (χ2n) is 4.85. The Balaban J connectivity index is 1.78. The van der Waals surface area contributed by atoms with Gasteiger partial charge >= 0.3 is 0 Å². The Morgan fingerprint density at radius 1 is 1.41 bits per heavy atom. The molecule has 0 aliphatic rings. The number of nitrogens with two attached hydrogens (primary N) is 1. The molecule has 0 aliphatic carbocycles. The van der Waals surface area contributed by atoms with Crippen molar-refractivity contribution in [2.24, 2.45) is 0 Å². The summed E-state index contributed by atoms with van der Waals surface area (Å²) in [7, 11) is 1.70. The van der Waals surface area contributed by atoms with Crippen molar-refractivity contribution < 1.29 is 9.32 Å². The van der Waals surface area contributed by atoms with Crippen LogP contribution >= 0.6 is 11.3 Å². The summed E-state index contributed by atoms with van der Waals surface area (Å²) in [5.74, 6) is 0.929. The molecule has 2 N–H and O–H groups in total. The molecule has 0 spiro atoms. The topological polar surface area (TPSA) is 98.1 Å². The second kappa shape index (κ2) is 5.72. The summed E-state index contributed by atoms with van der Waals surface area (Å²) < 4.78 is 6.00. The molecule has 0 radical (unpaired) electrons. The van der Waals surface area contributed by atoms with Gasteiger partial charge in [-0.15, -0.1) is 0 Å². The number of anilines is 1. The van der Waals surface area contributed by atoms with Gasteiger partial charge in [0.1, 0.15) is 0 Å². The van der Waals surface area contributed by atoms with Crippen molar-refractivity contribution in [1.82, 2.24) is 20.0 Å². The quantitative estimate of drug-likeness (QED) is 0.791. The number of nitrogen functional groups attached to an aromatic ring is 1. The summed E-state index contributed by atoms with van der Waals surface area (Å²) >= 11 is 1.40. The molecule has 0 fully saturated rings. The van der Waals surface area contributed by atoms with Crippen molar-refractivity contribution >= 4 is 32.6 Å². The fourth-order valence-corrected chi connectivity index (χ4v) is 2.80. The second-order valence-corrected chi connectivity index (χ2v) is 5.92. The third-order valence-electron chi connectivity index (χ3n) is 3.19. The number of carbonyl (C=O) groups is 1. The molecular formula is C14H15N5O2S. The Morgan fingerprint density at radius 3 is 2.95 bits per heavy atom. The average molecular weight is 317 g/mol. The molecule has 22 heavy (non-hydrogen) atoms. The number of hydrogen-bond donors (Lipinski definition) is 1. The van der Waals surface area contributed by atoms with Crippen LogP contribution in [0.25, 0.3) is 10.2 Å². The number of thiazole rings is 1. The van der Waals surface area contributed by atoms with Gasteiger partial charge in [-0.1, -0.05) is 23.4 Å². The van der Waals surface area contributed by atoms with E-state index in [2.05, 4.69) is 15.1 Å². The molecule has 0 saturated carbocycles. The molecule has 3 aromatic rings. The number of carbonyl (C=O) groups excluding carboxylic acids is 1. The van der Waals surface area contributed by atoms with Gasteiger partial charge in [0.05, 0.1) is 16.8 Å². The van der Waals surface area contributed by atoms with E-state index in [0.717, 1.165) is 10.2 Å². The Labute approximate surface area is 130 Å². The van der Waals surface area contributed by atoms with E-state index in [1.165, 1.54) is 11.3 Å². The van der Waals surface area contributed by atoms with E-state index < -0.39 is 0 Å². The maximum atomic E-state index is 12.5. The predicted molar refractivity (Wildman–Crippen MR) is 83.5 cm³/mol. The van der Waals surface area contributed by atoms with Crippen LogP contribution in [0.2, 0.25) is 0 Å². The molecule has 0 aliphatic heterocycles. The number of amides is 1. The number of aryl methyl sites for hydroxylation is 1. The highest BCUT2D eigenvalue weighted by molar-refractivity contribution is 7.22. The minimum absolute atomic E-state index is 0.128. The molecule has 0 bridgehead atoms. The number of aromatic nitrogens is 3. The molecule has 3 rings (SSSR count). The number of benzene rings is 1. The van der Waals surface area contributed by atoms with E-state index in [1.54, 1.807) is 24.1 Å². The zero-order valence-electron chi connectivity index (χ0n) is 12.2. The van der Waals surface area contributed by atoms with Crippen molar-refractivity contribution in [3.8, 4) is 0 Å². The molecule has 0 saturated heterocycles. The zero-order valence-corrected chi connectivity index (χ0v) is 13.1. The zero-order chi connectivity index (χ0) is 15.7. The van der Waals surface area contributed by atoms with Crippen molar-refractivity contribution in [3.05, 3.63) is 35.5 Å². The SMILES string of the molecule is CCc1nc(CN(C)C(=O)c2ccc3sc(N)nc3c2)no1. The first-order valence-corrected chi connectivity index (χ1v) is 7.61. The molecule has 0 atom stereocenters. The molecule has 1 amide bonds. The number of nitrogens with zero attached hydrogens (tertiary/aromatic N) is 4. The summed E-state index contributed by atoms with van der Waals surface area (Å²) in [6.07, 6.45) is 0.673. The Kier molecular flexibility index (Phi) is 3.76. The summed E-state index contributed by atoms with van der Waals surface area (Å²) in [5, 5.41) is 4.34. The van der Waals surface area contributed by atoms with E-state index >= 15 is 0 Å². The third kappa shape index (κ3) is 2.77. The first-order valence-electron chi connectivity index (χ1n) is 6.80.